The molecule has 5 aromatic rings. The fraction of sp³-hybridized carbons (Fsp3) is 0.302. The van der Waals surface area contributed by atoms with E-state index in [9.17, 15) is 54.3 Å². The van der Waals surface area contributed by atoms with Gasteiger partial charge < -0.3 is 29.0 Å². The molecule has 65 heavy (non-hydrogen) atoms. The van der Waals surface area contributed by atoms with E-state index in [1.807, 2.05) is 0 Å². The molecule has 4 aromatic carbocycles. The molecule has 1 aromatic heterocycles. The normalized spacial score (nSPS) is 14.2. The molecule has 3 heterocycles. The minimum Gasteiger partial charge on any atom is -0.413 e. The lowest BCUT2D eigenvalue weighted by Crippen LogP contribution is -2.48. The largest absolute Gasteiger partial charge is 0.471 e. The second-order valence-corrected chi connectivity index (χ2v) is 14.3. The lowest BCUT2D eigenvalue weighted by Gasteiger charge is -2.33. The minimum atomic E-state index is -5.07. The van der Waals surface area contributed by atoms with Crippen LogP contribution < -0.4 is 15.1 Å². The van der Waals surface area contributed by atoms with Crippen molar-refractivity contribution in [1.82, 2.24) is 25.3 Å². The highest BCUT2D eigenvalue weighted by Crippen LogP contribution is 2.31. The maximum atomic E-state index is 13.8. The van der Waals surface area contributed by atoms with Crippen molar-refractivity contribution in [3.63, 3.8) is 0 Å². The van der Waals surface area contributed by atoms with Crippen LogP contribution >= 0.6 is 0 Å². The van der Waals surface area contributed by atoms with Crippen LogP contribution in [-0.2, 0) is 33.5 Å². The molecule has 0 radical (unpaired) electrons. The van der Waals surface area contributed by atoms with Crippen LogP contribution in [0.5, 0.6) is 0 Å². The number of amides is 5. The van der Waals surface area contributed by atoms with E-state index in [1.54, 1.807) is 34.1 Å². The van der Waals surface area contributed by atoms with Gasteiger partial charge in [0.15, 0.2) is 5.78 Å². The number of hydrogen-bond donors (Lipinski definition) is 1. The molecule has 2 fully saturated rings. The Hall–Kier alpha value is -6.94. The van der Waals surface area contributed by atoms with Crippen LogP contribution in [0.2, 0.25) is 0 Å². The highest BCUT2D eigenvalue weighted by Gasteiger charge is 2.39. The molecule has 1 N–H and O–H groups in total. The first-order chi connectivity index (χ1) is 31.0. The number of anilines is 2. The number of ketones is 1. The monoisotopic (exact) mass is 917 g/mol. The Morgan fingerprint density at radius 2 is 1.09 bits per heavy atom. The summed E-state index contributed by atoms with van der Waals surface area (Å²) in [5.41, 5.74) is 2.41. The molecule has 7 rings (SSSR count). The standard InChI is InChI=1S/C22H21F4N3O4.C21H18F4N4O3/c23-17-2-1-3-18(12-17)29(21(32)28-8-10-33-11-9-28)14-15-4-6-16(7-5-15)19(30)13-27-20(31)22(24,25)26;22-16-2-1-3-17(12-16)29(20(30)28-8-10-31-11-9-28)13-14-4-6-15(7-5-14)18-26-27-19(32-18)21(23,24)25/h1-7,12H,8-11,13-14H2,(H,27,31);1-7,12H,8-11,13H2. The predicted molar refractivity (Wildman–Crippen MR) is 215 cm³/mol. The predicted octanol–water partition coefficient (Wildman–Crippen LogP) is 7.50. The zero-order valence-electron chi connectivity index (χ0n) is 34.1. The highest BCUT2D eigenvalue weighted by molar-refractivity contribution is 6.00. The third kappa shape index (κ3) is 13.1. The van der Waals surface area contributed by atoms with E-state index in [0.717, 1.165) is 0 Å². The lowest BCUT2D eigenvalue weighted by molar-refractivity contribution is -0.173. The number of hydrogen-bond acceptors (Lipinski definition) is 9. The van der Waals surface area contributed by atoms with Crippen molar-refractivity contribution in [3.05, 3.63) is 131 Å². The van der Waals surface area contributed by atoms with Crippen LogP contribution in [0.15, 0.2) is 101 Å². The highest BCUT2D eigenvalue weighted by atomic mass is 19.4. The molecule has 0 unspecified atom stereocenters. The number of Topliss-reactive ketones (excluding diaryl/α,β-unsaturated/α-hetero) is 1. The van der Waals surface area contributed by atoms with E-state index >= 15 is 0 Å². The molecule has 0 saturated carbocycles. The quantitative estimate of drug-likeness (QED) is 0.111. The van der Waals surface area contributed by atoms with Gasteiger partial charge in [-0.1, -0.05) is 48.5 Å². The molecular formula is C43H39F8N7O7. The molecule has 5 amide bonds. The summed E-state index contributed by atoms with van der Waals surface area (Å²) in [6, 6.07) is 22.8. The van der Waals surface area contributed by atoms with Crippen LogP contribution in [-0.4, -0.2) is 109 Å². The number of rotatable bonds is 10. The molecule has 0 atom stereocenters. The number of benzene rings is 4. The first kappa shape index (κ1) is 47.5. The molecule has 2 aliphatic heterocycles. The summed E-state index contributed by atoms with van der Waals surface area (Å²) in [4.78, 5) is 55.2. The minimum absolute atomic E-state index is 0.0684. The van der Waals surface area contributed by atoms with Crippen LogP contribution in [0.3, 0.4) is 0 Å². The molecule has 2 saturated heterocycles. The zero-order chi connectivity index (χ0) is 46.7. The maximum absolute atomic E-state index is 13.8. The number of nitrogens with zero attached hydrogens (tertiary/aromatic N) is 6. The van der Waals surface area contributed by atoms with Gasteiger partial charge in [-0.3, -0.25) is 19.4 Å². The third-order valence-corrected chi connectivity index (χ3v) is 9.76. The molecule has 344 valence electrons. The lowest BCUT2D eigenvalue weighted by atomic mass is 10.1. The Morgan fingerprint density at radius 3 is 1.51 bits per heavy atom. The Balaban J connectivity index is 0.000000215. The van der Waals surface area contributed by atoms with Crippen molar-refractivity contribution in [2.24, 2.45) is 0 Å². The van der Waals surface area contributed by atoms with Gasteiger partial charge in [-0.25, -0.2) is 18.4 Å². The number of nitrogens with one attached hydrogen (secondary N) is 1. The summed E-state index contributed by atoms with van der Waals surface area (Å²) in [6.45, 7) is 2.63. The second-order valence-electron chi connectivity index (χ2n) is 14.3. The number of morpholine rings is 2. The molecule has 22 heteroatoms. The van der Waals surface area contributed by atoms with E-state index in [0.29, 0.717) is 80.7 Å². The van der Waals surface area contributed by atoms with E-state index in [1.165, 1.54) is 87.9 Å². The van der Waals surface area contributed by atoms with Gasteiger partial charge in [-0.2, -0.15) is 26.3 Å². The number of halogens is 8. The van der Waals surface area contributed by atoms with Gasteiger partial charge >= 0.3 is 36.2 Å². The fourth-order valence-corrected chi connectivity index (χ4v) is 6.41. The summed E-state index contributed by atoms with van der Waals surface area (Å²) in [5, 5.41) is 7.97. The van der Waals surface area contributed by atoms with Gasteiger partial charge in [0.05, 0.1) is 46.1 Å². The summed E-state index contributed by atoms with van der Waals surface area (Å²) in [7, 11) is 0. The van der Waals surface area contributed by atoms with Crippen LogP contribution in [0.25, 0.3) is 11.5 Å². The molecule has 14 nitrogen and oxygen atoms in total. The number of carbonyl (C=O) groups excluding carboxylic acids is 4. The Kier molecular flexibility index (Phi) is 15.5. The number of ether oxygens (including phenoxy) is 2. The molecule has 0 bridgehead atoms. The van der Waals surface area contributed by atoms with Gasteiger partial charge in [0.2, 0.25) is 5.89 Å². The molecule has 2 aliphatic rings. The number of alkyl halides is 6. The summed E-state index contributed by atoms with van der Waals surface area (Å²) in [5.74, 6) is -5.57. The molecule has 0 spiro atoms. The Labute approximate surface area is 365 Å². The average molecular weight is 918 g/mol. The van der Waals surface area contributed by atoms with Crippen LogP contribution in [0.1, 0.15) is 27.4 Å². The average Bonchev–Trinajstić information content (AvgIpc) is 3.81. The van der Waals surface area contributed by atoms with Gasteiger partial charge in [0, 0.05) is 48.7 Å². The van der Waals surface area contributed by atoms with Gasteiger partial charge in [-0.15, -0.1) is 10.2 Å². The van der Waals surface area contributed by atoms with E-state index in [2.05, 4.69) is 14.6 Å². The summed E-state index contributed by atoms with van der Waals surface area (Å²) in [6.07, 6.45) is -9.80. The van der Waals surface area contributed by atoms with Crippen molar-refractivity contribution in [2.45, 2.75) is 25.4 Å². The molecule has 0 aliphatic carbocycles. The zero-order valence-corrected chi connectivity index (χ0v) is 34.1. The van der Waals surface area contributed by atoms with Gasteiger partial charge in [-0.05, 0) is 59.7 Å². The summed E-state index contributed by atoms with van der Waals surface area (Å²) >= 11 is 0. The van der Waals surface area contributed by atoms with E-state index in [4.69, 9.17) is 9.47 Å². The van der Waals surface area contributed by atoms with Gasteiger partial charge in [0.25, 0.3) is 0 Å². The van der Waals surface area contributed by atoms with Crippen molar-refractivity contribution >= 4 is 35.1 Å². The first-order valence-corrected chi connectivity index (χ1v) is 19.7. The van der Waals surface area contributed by atoms with Crippen LogP contribution in [0.4, 0.5) is 56.1 Å². The first-order valence-electron chi connectivity index (χ1n) is 19.7. The molecular weight excluding hydrogens is 878 g/mol. The Bertz CT molecular complexity index is 2420. The smallest absolute Gasteiger partial charge is 0.413 e. The van der Waals surface area contributed by atoms with Crippen molar-refractivity contribution in [2.75, 3.05) is 69.0 Å². The van der Waals surface area contributed by atoms with Crippen molar-refractivity contribution in [1.29, 1.82) is 0 Å². The van der Waals surface area contributed by atoms with Crippen LogP contribution in [0, 0.1) is 11.6 Å². The SMILES string of the molecule is O=C(CNC(=O)C(F)(F)F)c1ccc(CN(C(=O)N2CCOCC2)c2cccc(F)c2)cc1.O=C(N1CCOCC1)N(Cc1ccc(-c2nnc(C(F)(F)F)o2)cc1)c1cccc(F)c1. The van der Waals surface area contributed by atoms with Crippen molar-refractivity contribution in [3.8, 4) is 11.5 Å². The number of urea groups is 2. The fourth-order valence-electron chi connectivity index (χ4n) is 6.41. The topological polar surface area (TPSA) is 151 Å². The summed E-state index contributed by atoms with van der Waals surface area (Å²) < 4.78 is 118. The number of carbonyl (C=O) groups is 4. The van der Waals surface area contributed by atoms with E-state index < -0.39 is 48.1 Å². The maximum Gasteiger partial charge on any atom is 0.471 e. The van der Waals surface area contributed by atoms with Gasteiger partial charge in [0.1, 0.15) is 11.6 Å². The second kappa shape index (κ2) is 21.2. The third-order valence-electron chi connectivity index (χ3n) is 9.76. The van der Waals surface area contributed by atoms with Crippen molar-refractivity contribution < 1.29 is 68.2 Å². The van der Waals surface area contributed by atoms with E-state index in [-0.39, 0.29) is 36.6 Å². The number of aromatic nitrogens is 2. The Morgan fingerprint density at radius 1 is 0.631 bits per heavy atom.